The molecule has 0 unspecified atom stereocenters. The molecule has 3 nitrogen and oxygen atoms in total. The maximum atomic E-state index is 5.63. The zero-order chi connectivity index (χ0) is 11.8. The van der Waals surface area contributed by atoms with Crippen LogP contribution in [-0.4, -0.2) is 9.38 Å². The van der Waals surface area contributed by atoms with Crippen molar-refractivity contribution in [1.29, 1.82) is 0 Å². The van der Waals surface area contributed by atoms with E-state index in [-0.39, 0.29) is 0 Å². The largest absolute Gasteiger partial charge is 0.325 e. The predicted octanol–water partition coefficient (Wildman–Crippen LogP) is 2.83. The third kappa shape index (κ3) is 1.66. The monoisotopic (exact) mass is 243 g/mol. The average Bonchev–Trinajstić information content (AvgIpc) is 2.86. The summed E-state index contributed by atoms with van der Waals surface area (Å²) in [5.74, 6) is 0. The van der Waals surface area contributed by atoms with E-state index in [2.05, 4.69) is 40.6 Å². The summed E-state index contributed by atoms with van der Waals surface area (Å²) in [6, 6.07) is 10.4. The Labute approximate surface area is 104 Å². The van der Waals surface area contributed by atoms with Gasteiger partial charge in [-0.3, -0.25) is 4.40 Å². The Morgan fingerprint density at radius 2 is 2.06 bits per heavy atom. The Bertz CT molecular complexity index is 652. The van der Waals surface area contributed by atoms with Crippen molar-refractivity contribution in [3.63, 3.8) is 0 Å². The molecule has 1 aromatic carbocycles. The van der Waals surface area contributed by atoms with Gasteiger partial charge in [0.05, 0.1) is 11.4 Å². The van der Waals surface area contributed by atoms with Gasteiger partial charge in [0.2, 0.25) is 0 Å². The summed E-state index contributed by atoms with van der Waals surface area (Å²) in [5.41, 5.74) is 9.01. The van der Waals surface area contributed by atoms with E-state index in [0.717, 1.165) is 10.7 Å². The summed E-state index contributed by atoms with van der Waals surface area (Å²) in [6.45, 7) is 2.62. The van der Waals surface area contributed by atoms with Gasteiger partial charge in [-0.1, -0.05) is 30.3 Å². The molecule has 0 saturated heterocycles. The maximum absolute atomic E-state index is 5.63. The number of nitrogens with two attached hydrogens (primary N) is 1. The Morgan fingerprint density at radius 1 is 1.29 bits per heavy atom. The number of fused-ring (bicyclic) bond motifs is 1. The molecule has 0 atom stereocenters. The predicted molar refractivity (Wildman–Crippen MR) is 71.1 cm³/mol. The highest BCUT2D eigenvalue weighted by Gasteiger charge is 2.12. The lowest BCUT2D eigenvalue weighted by Crippen LogP contribution is -1.95. The van der Waals surface area contributed by atoms with E-state index >= 15 is 0 Å². The molecule has 0 saturated carbocycles. The molecule has 2 aromatic heterocycles. The molecule has 0 amide bonds. The third-order valence-electron chi connectivity index (χ3n) is 2.80. The van der Waals surface area contributed by atoms with Crippen LogP contribution in [0, 0.1) is 6.92 Å². The summed E-state index contributed by atoms with van der Waals surface area (Å²) in [4.78, 5) is 6.79. The van der Waals surface area contributed by atoms with Gasteiger partial charge in [-0.15, -0.1) is 11.3 Å². The van der Waals surface area contributed by atoms with Crippen LogP contribution in [0.2, 0.25) is 0 Å². The van der Waals surface area contributed by atoms with Crippen molar-refractivity contribution in [2.75, 3.05) is 0 Å². The van der Waals surface area contributed by atoms with Gasteiger partial charge in [0.15, 0.2) is 4.96 Å². The smallest absolute Gasteiger partial charge is 0.194 e. The van der Waals surface area contributed by atoms with Gasteiger partial charge in [0.25, 0.3) is 0 Å². The molecule has 0 spiro atoms. The minimum Gasteiger partial charge on any atom is -0.325 e. The van der Waals surface area contributed by atoms with E-state index in [4.69, 9.17) is 5.73 Å². The van der Waals surface area contributed by atoms with Crippen LogP contribution in [0.25, 0.3) is 16.2 Å². The number of hydrogen-bond acceptors (Lipinski definition) is 3. The molecular formula is C13H13N3S. The number of rotatable bonds is 2. The first kappa shape index (κ1) is 10.5. The first-order valence-corrected chi connectivity index (χ1v) is 6.34. The lowest BCUT2D eigenvalue weighted by atomic mass is 10.1. The van der Waals surface area contributed by atoms with Gasteiger partial charge in [-0.05, 0) is 12.5 Å². The molecule has 86 valence electrons. The molecule has 0 aliphatic carbocycles. The molecule has 2 N–H and O–H groups in total. The average molecular weight is 243 g/mol. The van der Waals surface area contributed by atoms with Gasteiger partial charge < -0.3 is 5.73 Å². The summed E-state index contributed by atoms with van der Waals surface area (Å²) in [6.07, 6.45) is 2.03. The van der Waals surface area contributed by atoms with Crippen LogP contribution >= 0.6 is 11.3 Å². The van der Waals surface area contributed by atoms with Crippen molar-refractivity contribution < 1.29 is 0 Å². The Morgan fingerprint density at radius 3 is 2.76 bits per heavy atom. The van der Waals surface area contributed by atoms with Crippen molar-refractivity contribution in [2.45, 2.75) is 13.5 Å². The van der Waals surface area contributed by atoms with Crippen molar-refractivity contribution in [3.05, 3.63) is 47.1 Å². The van der Waals surface area contributed by atoms with Crippen LogP contribution in [0.1, 0.15) is 10.6 Å². The number of nitrogens with zero attached hydrogens (tertiary/aromatic N) is 2. The summed E-state index contributed by atoms with van der Waals surface area (Å²) in [5, 5.41) is 0. The zero-order valence-corrected chi connectivity index (χ0v) is 10.4. The molecule has 0 radical (unpaired) electrons. The number of hydrogen-bond donors (Lipinski definition) is 1. The van der Waals surface area contributed by atoms with Gasteiger partial charge in [-0.25, -0.2) is 4.98 Å². The highest BCUT2D eigenvalue weighted by atomic mass is 32.1. The zero-order valence-electron chi connectivity index (χ0n) is 9.55. The normalized spacial score (nSPS) is 11.2. The maximum Gasteiger partial charge on any atom is 0.194 e. The second-order valence-corrected chi connectivity index (χ2v) is 5.14. The van der Waals surface area contributed by atoms with E-state index in [1.54, 1.807) is 11.3 Å². The molecular weight excluding hydrogens is 230 g/mol. The molecule has 4 heteroatoms. The highest BCUT2D eigenvalue weighted by Crippen LogP contribution is 2.31. The fourth-order valence-corrected chi connectivity index (χ4v) is 3.03. The van der Waals surface area contributed by atoms with Crippen LogP contribution in [0.5, 0.6) is 0 Å². The fourth-order valence-electron chi connectivity index (χ4n) is 2.03. The first-order chi connectivity index (χ1) is 8.29. The van der Waals surface area contributed by atoms with Gasteiger partial charge >= 0.3 is 0 Å². The lowest BCUT2D eigenvalue weighted by molar-refractivity contribution is 1.02. The van der Waals surface area contributed by atoms with Gasteiger partial charge in [0.1, 0.15) is 0 Å². The van der Waals surface area contributed by atoms with E-state index in [9.17, 15) is 0 Å². The summed E-state index contributed by atoms with van der Waals surface area (Å²) in [7, 11) is 0. The minimum atomic E-state index is 0.488. The first-order valence-electron chi connectivity index (χ1n) is 5.52. The third-order valence-corrected chi connectivity index (χ3v) is 3.77. The number of aromatic nitrogens is 2. The molecule has 0 aliphatic heterocycles. The number of aryl methyl sites for hydroxylation is 1. The number of benzene rings is 1. The molecule has 17 heavy (non-hydrogen) atoms. The fraction of sp³-hybridized carbons (Fsp3) is 0.154. The Kier molecular flexibility index (Phi) is 2.46. The van der Waals surface area contributed by atoms with E-state index in [0.29, 0.717) is 6.54 Å². The van der Waals surface area contributed by atoms with Crippen LogP contribution < -0.4 is 5.73 Å². The van der Waals surface area contributed by atoms with Crippen molar-refractivity contribution in [3.8, 4) is 11.3 Å². The Balaban J connectivity index is 2.27. The van der Waals surface area contributed by atoms with Crippen molar-refractivity contribution >= 4 is 16.3 Å². The second-order valence-electron chi connectivity index (χ2n) is 3.96. The standard InChI is InChI=1S/C13H13N3S/c1-9-12(10-5-3-2-4-6-10)16-8-11(7-14)15-13(16)17-9/h2-6,8H,7,14H2,1H3. The van der Waals surface area contributed by atoms with E-state index in [1.165, 1.54) is 16.1 Å². The minimum absolute atomic E-state index is 0.488. The SMILES string of the molecule is Cc1sc2nc(CN)cn2c1-c1ccccc1. The topological polar surface area (TPSA) is 43.3 Å². The number of thiazole rings is 1. The van der Waals surface area contributed by atoms with Crippen LogP contribution in [0.3, 0.4) is 0 Å². The van der Waals surface area contributed by atoms with Crippen LogP contribution in [0.15, 0.2) is 36.5 Å². The number of imidazole rings is 1. The van der Waals surface area contributed by atoms with E-state index in [1.807, 2.05) is 12.3 Å². The quantitative estimate of drug-likeness (QED) is 0.752. The molecule has 0 aliphatic rings. The molecule has 3 aromatic rings. The Hall–Kier alpha value is -1.65. The highest BCUT2D eigenvalue weighted by molar-refractivity contribution is 7.17. The molecule has 0 fully saturated rings. The van der Waals surface area contributed by atoms with Gasteiger partial charge in [-0.2, -0.15) is 0 Å². The molecule has 3 rings (SSSR count). The van der Waals surface area contributed by atoms with Crippen molar-refractivity contribution in [1.82, 2.24) is 9.38 Å². The van der Waals surface area contributed by atoms with Crippen molar-refractivity contribution in [2.24, 2.45) is 5.73 Å². The van der Waals surface area contributed by atoms with E-state index < -0.39 is 0 Å². The second kappa shape index (κ2) is 3.98. The summed E-state index contributed by atoms with van der Waals surface area (Å²) >= 11 is 1.71. The van der Waals surface area contributed by atoms with Crippen LogP contribution in [0.4, 0.5) is 0 Å². The lowest BCUT2D eigenvalue weighted by Gasteiger charge is -2.01. The van der Waals surface area contributed by atoms with Gasteiger partial charge in [0, 0.05) is 17.6 Å². The molecule has 0 bridgehead atoms. The molecule has 2 heterocycles. The van der Waals surface area contributed by atoms with Crippen LogP contribution in [-0.2, 0) is 6.54 Å². The summed E-state index contributed by atoms with van der Waals surface area (Å²) < 4.78 is 2.14.